The summed E-state index contributed by atoms with van der Waals surface area (Å²) in [5, 5.41) is 6.20. The van der Waals surface area contributed by atoms with Gasteiger partial charge in [0.2, 0.25) is 5.91 Å². The Hall–Kier alpha value is -1.44. The second-order valence-electron chi connectivity index (χ2n) is 5.59. The summed E-state index contributed by atoms with van der Waals surface area (Å²) in [6.07, 6.45) is 0.425. The number of ether oxygens (including phenoxy) is 1. The predicted octanol–water partition coefficient (Wildman–Crippen LogP) is 1.85. The molecule has 0 bridgehead atoms. The SMILES string of the molecule is COc1cc(C(=O)N(C)C)ccc1NC(=O)CC1CSCCN1.Cl. The summed E-state index contributed by atoms with van der Waals surface area (Å²) in [7, 11) is 4.91. The number of anilines is 1. The molecule has 1 aromatic carbocycles. The van der Waals surface area contributed by atoms with Crippen LogP contribution in [0.2, 0.25) is 0 Å². The van der Waals surface area contributed by atoms with E-state index in [2.05, 4.69) is 10.6 Å². The monoisotopic (exact) mass is 373 g/mol. The van der Waals surface area contributed by atoms with Gasteiger partial charge < -0.3 is 20.3 Å². The van der Waals surface area contributed by atoms with Crippen LogP contribution in [0.5, 0.6) is 5.75 Å². The highest BCUT2D eigenvalue weighted by Gasteiger charge is 2.18. The molecule has 0 aliphatic carbocycles. The fraction of sp³-hybridized carbons (Fsp3) is 0.500. The summed E-state index contributed by atoms with van der Waals surface area (Å²) >= 11 is 1.86. The average molecular weight is 374 g/mol. The second kappa shape index (κ2) is 9.76. The van der Waals surface area contributed by atoms with Gasteiger partial charge in [-0.3, -0.25) is 9.59 Å². The van der Waals surface area contributed by atoms with Crippen molar-refractivity contribution in [1.82, 2.24) is 10.2 Å². The van der Waals surface area contributed by atoms with Crippen molar-refractivity contribution in [2.75, 3.05) is 44.6 Å². The molecule has 6 nitrogen and oxygen atoms in total. The minimum Gasteiger partial charge on any atom is -0.495 e. The van der Waals surface area contributed by atoms with Gasteiger partial charge in [0.25, 0.3) is 5.91 Å². The van der Waals surface area contributed by atoms with Crippen LogP contribution in [0.4, 0.5) is 5.69 Å². The molecule has 0 spiro atoms. The number of nitrogens with one attached hydrogen (secondary N) is 2. The van der Waals surface area contributed by atoms with Crippen molar-refractivity contribution in [3.8, 4) is 5.75 Å². The molecule has 1 unspecified atom stereocenters. The second-order valence-corrected chi connectivity index (χ2v) is 6.74. The molecule has 1 aliphatic heterocycles. The molecule has 2 amide bonds. The van der Waals surface area contributed by atoms with E-state index in [1.807, 2.05) is 11.8 Å². The predicted molar refractivity (Wildman–Crippen MR) is 101 cm³/mol. The number of hydrogen-bond donors (Lipinski definition) is 2. The zero-order chi connectivity index (χ0) is 16.8. The summed E-state index contributed by atoms with van der Waals surface area (Å²) in [6, 6.07) is 5.24. The Kier molecular flexibility index (Phi) is 8.38. The van der Waals surface area contributed by atoms with Crippen LogP contribution < -0.4 is 15.4 Å². The van der Waals surface area contributed by atoms with Gasteiger partial charge in [0.1, 0.15) is 5.75 Å². The van der Waals surface area contributed by atoms with E-state index in [0.717, 1.165) is 18.1 Å². The van der Waals surface area contributed by atoms with E-state index in [1.165, 1.54) is 12.0 Å². The summed E-state index contributed by atoms with van der Waals surface area (Å²) in [4.78, 5) is 25.7. The Bertz CT molecular complexity index is 578. The number of thioether (sulfide) groups is 1. The molecular formula is C16H24ClN3O3S. The van der Waals surface area contributed by atoms with Gasteiger partial charge in [0, 0.05) is 50.2 Å². The molecule has 1 saturated heterocycles. The molecule has 8 heteroatoms. The third-order valence-electron chi connectivity index (χ3n) is 3.56. The van der Waals surface area contributed by atoms with E-state index in [-0.39, 0.29) is 30.3 Å². The Morgan fingerprint density at radius 3 is 2.75 bits per heavy atom. The number of carbonyl (C=O) groups excluding carboxylic acids is 2. The van der Waals surface area contributed by atoms with Crippen molar-refractivity contribution in [1.29, 1.82) is 0 Å². The average Bonchev–Trinajstić information content (AvgIpc) is 2.55. The Labute approximate surface area is 153 Å². The van der Waals surface area contributed by atoms with Crippen molar-refractivity contribution in [3.63, 3.8) is 0 Å². The van der Waals surface area contributed by atoms with Gasteiger partial charge >= 0.3 is 0 Å². The number of benzene rings is 1. The first-order valence-electron chi connectivity index (χ1n) is 7.52. The first kappa shape index (κ1) is 20.6. The molecule has 0 radical (unpaired) electrons. The Balaban J connectivity index is 0.00000288. The van der Waals surface area contributed by atoms with Gasteiger partial charge in [-0.25, -0.2) is 0 Å². The molecule has 134 valence electrons. The van der Waals surface area contributed by atoms with Crippen LogP contribution in [0, 0.1) is 0 Å². The Morgan fingerprint density at radius 2 is 2.17 bits per heavy atom. The molecule has 0 saturated carbocycles. The zero-order valence-electron chi connectivity index (χ0n) is 14.1. The molecule has 2 N–H and O–H groups in total. The number of carbonyl (C=O) groups is 2. The zero-order valence-corrected chi connectivity index (χ0v) is 15.8. The largest absolute Gasteiger partial charge is 0.495 e. The number of hydrogen-bond acceptors (Lipinski definition) is 5. The fourth-order valence-electron chi connectivity index (χ4n) is 2.36. The van der Waals surface area contributed by atoms with Gasteiger partial charge in [-0.2, -0.15) is 11.8 Å². The lowest BCUT2D eigenvalue weighted by molar-refractivity contribution is -0.116. The fourth-order valence-corrected chi connectivity index (χ4v) is 3.31. The van der Waals surface area contributed by atoms with E-state index in [0.29, 0.717) is 23.4 Å². The molecule has 2 rings (SSSR count). The van der Waals surface area contributed by atoms with Crippen LogP contribution in [0.25, 0.3) is 0 Å². The minimum absolute atomic E-state index is 0. The van der Waals surface area contributed by atoms with Crippen LogP contribution in [0.15, 0.2) is 18.2 Å². The van der Waals surface area contributed by atoms with Crippen LogP contribution in [-0.2, 0) is 4.79 Å². The normalized spacial score (nSPS) is 16.7. The van der Waals surface area contributed by atoms with Crippen molar-refractivity contribution < 1.29 is 14.3 Å². The number of nitrogens with zero attached hydrogens (tertiary/aromatic N) is 1. The highest BCUT2D eigenvalue weighted by molar-refractivity contribution is 7.99. The maximum absolute atomic E-state index is 12.2. The standard InChI is InChI=1S/C16H23N3O3S.ClH/c1-19(2)16(21)11-4-5-13(14(8-11)22-3)18-15(20)9-12-10-23-7-6-17-12;/h4-5,8,12,17H,6-7,9-10H2,1-3H3,(H,18,20);1H. The summed E-state index contributed by atoms with van der Waals surface area (Å²) in [6.45, 7) is 0.938. The topological polar surface area (TPSA) is 70.7 Å². The van der Waals surface area contributed by atoms with Gasteiger partial charge in [0.05, 0.1) is 12.8 Å². The van der Waals surface area contributed by atoms with Gasteiger partial charge in [0.15, 0.2) is 0 Å². The summed E-state index contributed by atoms with van der Waals surface area (Å²) in [5.74, 6) is 2.35. The highest BCUT2D eigenvalue weighted by atomic mass is 35.5. The lowest BCUT2D eigenvalue weighted by atomic mass is 10.1. The third kappa shape index (κ3) is 5.58. The van der Waals surface area contributed by atoms with Crippen LogP contribution >= 0.6 is 24.2 Å². The van der Waals surface area contributed by atoms with Crippen LogP contribution in [-0.4, -0.2) is 62.0 Å². The molecule has 0 aromatic heterocycles. The molecular weight excluding hydrogens is 350 g/mol. The lowest BCUT2D eigenvalue weighted by Crippen LogP contribution is -2.39. The molecule has 1 fully saturated rings. The van der Waals surface area contributed by atoms with Gasteiger partial charge in [-0.1, -0.05) is 0 Å². The van der Waals surface area contributed by atoms with Crippen molar-refractivity contribution in [2.45, 2.75) is 12.5 Å². The number of rotatable bonds is 5. The Morgan fingerprint density at radius 1 is 1.42 bits per heavy atom. The van der Waals surface area contributed by atoms with Crippen molar-refractivity contribution in [3.05, 3.63) is 23.8 Å². The van der Waals surface area contributed by atoms with Gasteiger partial charge in [-0.05, 0) is 18.2 Å². The van der Waals surface area contributed by atoms with Crippen LogP contribution in [0.3, 0.4) is 0 Å². The number of halogens is 1. The molecule has 1 aromatic rings. The summed E-state index contributed by atoms with van der Waals surface area (Å²) < 4.78 is 5.30. The first-order chi connectivity index (χ1) is 11.0. The molecule has 1 heterocycles. The van der Waals surface area contributed by atoms with Crippen LogP contribution in [0.1, 0.15) is 16.8 Å². The molecule has 1 aliphatic rings. The van der Waals surface area contributed by atoms with E-state index >= 15 is 0 Å². The minimum atomic E-state index is -0.107. The van der Waals surface area contributed by atoms with E-state index in [9.17, 15) is 9.59 Å². The smallest absolute Gasteiger partial charge is 0.253 e. The molecule has 1 atom stereocenters. The lowest BCUT2D eigenvalue weighted by Gasteiger charge is -2.22. The van der Waals surface area contributed by atoms with E-state index in [4.69, 9.17) is 4.74 Å². The van der Waals surface area contributed by atoms with E-state index in [1.54, 1.807) is 32.3 Å². The first-order valence-corrected chi connectivity index (χ1v) is 8.67. The molecule has 24 heavy (non-hydrogen) atoms. The number of amides is 2. The third-order valence-corrected chi connectivity index (χ3v) is 4.69. The van der Waals surface area contributed by atoms with Crippen molar-refractivity contribution >= 4 is 41.7 Å². The van der Waals surface area contributed by atoms with Crippen molar-refractivity contribution in [2.24, 2.45) is 0 Å². The quantitative estimate of drug-likeness (QED) is 0.824. The summed E-state index contributed by atoms with van der Waals surface area (Å²) in [5.41, 5.74) is 1.10. The highest BCUT2D eigenvalue weighted by Crippen LogP contribution is 2.26. The van der Waals surface area contributed by atoms with E-state index < -0.39 is 0 Å². The van der Waals surface area contributed by atoms with Gasteiger partial charge in [-0.15, -0.1) is 12.4 Å². The maximum atomic E-state index is 12.2. The maximum Gasteiger partial charge on any atom is 0.253 e. The number of methoxy groups -OCH3 is 1.